The Kier molecular flexibility index (Phi) is 6.42. The number of aromatic nitrogens is 3. The lowest BCUT2D eigenvalue weighted by atomic mass is 9.73. The molecule has 33 heavy (non-hydrogen) atoms. The monoisotopic (exact) mass is 453 g/mol. The largest absolute Gasteiger partial charge is 0.355 e. The predicted molar refractivity (Wildman–Crippen MR) is 130 cm³/mol. The number of hydrogen-bond donors (Lipinski definition) is 2. The first-order valence-corrected chi connectivity index (χ1v) is 12.9. The minimum Gasteiger partial charge on any atom is -0.355 e. The fraction of sp³-hybridized carbons (Fsp3) is 0.720. The van der Waals surface area contributed by atoms with Crippen molar-refractivity contribution < 1.29 is 4.79 Å². The maximum atomic E-state index is 13.8. The number of nitrogens with two attached hydrogens (primary N) is 1. The number of Topliss-reactive ketones (excluding diaryl/α,β-unsaturated/α-hetero) is 1. The zero-order chi connectivity index (χ0) is 23.1. The fourth-order valence-corrected chi connectivity index (χ4v) is 6.19. The molecule has 0 spiro atoms. The molecule has 2 aliphatic heterocycles. The van der Waals surface area contributed by atoms with Gasteiger partial charge in [0.05, 0.1) is 11.7 Å². The van der Waals surface area contributed by atoms with Gasteiger partial charge in [0, 0.05) is 61.4 Å². The summed E-state index contributed by atoms with van der Waals surface area (Å²) in [5, 5.41) is 7.13. The van der Waals surface area contributed by atoms with Crippen LogP contribution in [0.1, 0.15) is 76.0 Å². The third kappa shape index (κ3) is 4.40. The third-order valence-electron chi connectivity index (χ3n) is 7.79. The molecule has 0 bridgehead atoms. The summed E-state index contributed by atoms with van der Waals surface area (Å²) in [6.07, 6.45) is 9.30. The van der Waals surface area contributed by atoms with E-state index in [1.54, 1.807) is 0 Å². The number of hydrazine groups is 1. The van der Waals surface area contributed by atoms with E-state index in [0.29, 0.717) is 11.8 Å². The Morgan fingerprint density at radius 1 is 1.27 bits per heavy atom. The molecular weight excluding hydrogens is 414 g/mol. The van der Waals surface area contributed by atoms with Crippen LogP contribution in [-0.2, 0) is 4.79 Å². The van der Waals surface area contributed by atoms with Gasteiger partial charge in [0.15, 0.2) is 11.4 Å². The van der Waals surface area contributed by atoms with Gasteiger partial charge in [-0.1, -0.05) is 19.8 Å². The van der Waals surface area contributed by atoms with Gasteiger partial charge >= 0.3 is 0 Å². The van der Waals surface area contributed by atoms with Crippen LogP contribution in [0.25, 0.3) is 5.65 Å². The molecule has 0 aromatic carbocycles. The molecule has 1 saturated carbocycles. The second-order valence-corrected chi connectivity index (χ2v) is 10.5. The van der Waals surface area contributed by atoms with Crippen LogP contribution in [0.2, 0.25) is 0 Å². The van der Waals surface area contributed by atoms with Gasteiger partial charge in [-0.25, -0.2) is 14.5 Å². The van der Waals surface area contributed by atoms with E-state index in [1.807, 2.05) is 4.52 Å². The van der Waals surface area contributed by atoms with Crippen molar-refractivity contribution in [3.05, 3.63) is 23.5 Å². The number of nitrogens with zero attached hydrogens (tertiary/aromatic N) is 5. The van der Waals surface area contributed by atoms with E-state index in [-0.39, 0.29) is 23.9 Å². The van der Waals surface area contributed by atoms with E-state index in [0.717, 1.165) is 87.3 Å². The van der Waals surface area contributed by atoms with Gasteiger partial charge in [-0.3, -0.25) is 10.2 Å². The lowest BCUT2D eigenvalue weighted by Crippen LogP contribution is -2.46. The number of nitrogens with one attached hydrogen (secondary N) is 1. The van der Waals surface area contributed by atoms with Crippen molar-refractivity contribution >= 4 is 17.2 Å². The molecule has 180 valence electrons. The third-order valence-corrected chi connectivity index (χ3v) is 7.79. The van der Waals surface area contributed by atoms with Gasteiger partial charge in [-0.05, 0) is 46.0 Å². The summed E-state index contributed by atoms with van der Waals surface area (Å²) in [6.45, 7) is 9.16. The molecule has 2 aromatic rings. The van der Waals surface area contributed by atoms with Gasteiger partial charge in [-0.2, -0.15) is 5.10 Å². The highest BCUT2D eigenvalue weighted by Gasteiger charge is 2.42. The molecule has 0 amide bonds. The van der Waals surface area contributed by atoms with Crippen molar-refractivity contribution in [3.63, 3.8) is 0 Å². The van der Waals surface area contributed by atoms with Gasteiger partial charge in [-0.15, -0.1) is 0 Å². The van der Waals surface area contributed by atoms with Crippen molar-refractivity contribution in [2.75, 3.05) is 24.5 Å². The molecule has 3 unspecified atom stereocenters. The second-order valence-electron chi connectivity index (χ2n) is 10.5. The molecule has 2 saturated heterocycles. The first-order chi connectivity index (χ1) is 15.9. The number of rotatable bonds is 6. The average molecular weight is 454 g/mol. The summed E-state index contributed by atoms with van der Waals surface area (Å²) >= 11 is 0. The highest BCUT2D eigenvalue weighted by Crippen LogP contribution is 2.40. The van der Waals surface area contributed by atoms with E-state index in [9.17, 15) is 4.79 Å². The first kappa shape index (κ1) is 22.7. The van der Waals surface area contributed by atoms with Crippen LogP contribution in [0.5, 0.6) is 0 Å². The Hall–Kier alpha value is -2.03. The topological polar surface area (TPSA) is 91.8 Å². The Balaban J connectivity index is 1.42. The lowest BCUT2D eigenvalue weighted by molar-refractivity contribution is -0.129. The number of carbonyl (C=O) groups excluding carboxylic acids is 1. The van der Waals surface area contributed by atoms with Crippen LogP contribution in [0, 0.1) is 12.8 Å². The maximum absolute atomic E-state index is 13.8. The summed E-state index contributed by atoms with van der Waals surface area (Å²) in [7, 11) is 0. The first-order valence-electron chi connectivity index (χ1n) is 12.9. The summed E-state index contributed by atoms with van der Waals surface area (Å²) in [5.74, 6) is 1.63. The molecular formula is C25H39N7O. The molecule has 5 atom stereocenters. The molecule has 3 fully saturated rings. The Labute approximate surface area is 196 Å². The molecule has 3 aliphatic rings. The average Bonchev–Trinajstić information content (AvgIpc) is 3.51. The number of aryl methyl sites for hydroxylation is 1. The Morgan fingerprint density at radius 3 is 2.85 bits per heavy atom. The van der Waals surface area contributed by atoms with E-state index < -0.39 is 0 Å². The van der Waals surface area contributed by atoms with Crippen molar-refractivity contribution in [2.45, 2.75) is 89.8 Å². The van der Waals surface area contributed by atoms with E-state index >= 15 is 0 Å². The molecule has 4 heterocycles. The van der Waals surface area contributed by atoms with E-state index in [4.69, 9.17) is 15.8 Å². The molecule has 1 aliphatic carbocycles. The Bertz CT molecular complexity index is 1000. The standard InChI is InChI=1S/C25H39N7O/c1-4-10-31-22(12-17(3)28-31)24(33)20-8-6-5-7-19(20)21-13-23-27-25(16(2)14-32(23)29-21)30-11-9-18(26)15-30/h13-14,17-20,22,28H,4-12,15,26H2,1-3H3/t17?,18-,19+,20?,22?/m0/s1. The predicted octanol–water partition coefficient (Wildman–Crippen LogP) is 2.80. The van der Waals surface area contributed by atoms with Gasteiger partial charge in [0.25, 0.3) is 0 Å². The summed E-state index contributed by atoms with van der Waals surface area (Å²) < 4.78 is 1.91. The van der Waals surface area contributed by atoms with Gasteiger partial charge in [0.2, 0.25) is 0 Å². The summed E-state index contributed by atoms with van der Waals surface area (Å²) in [5.41, 5.74) is 12.7. The number of ketones is 1. The minimum absolute atomic E-state index is 0.0195. The highest BCUT2D eigenvalue weighted by molar-refractivity contribution is 5.87. The molecule has 8 nitrogen and oxygen atoms in total. The van der Waals surface area contributed by atoms with E-state index in [2.05, 4.69) is 48.4 Å². The van der Waals surface area contributed by atoms with Crippen LogP contribution in [0.4, 0.5) is 5.82 Å². The molecule has 2 aromatic heterocycles. The number of fused-ring (bicyclic) bond motifs is 1. The van der Waals surface area contributed by atoms with Crippen LogP contribution in [-0.4, -0.2) is 63.2 Å². The highest BCUT2D eigenvalue weighted by atomic mass is 16.1. The molecule has 0 radical (unpaired) electrons. The SMILES string of the molecule is CCCN1NC(C)CC1C(=O)C1CCCC[C@H]1c1cc2nc(N3CC[C@H](N)C3)c(C)cn2n1. The second kappa shape index (κ2) is 9.31. The zero-order valence-corrected chi connectivity index (χ0v) is 20.3. The number of anilines is 1. The maximum Gasteiger partial charge on any atom is 0.157 e. The van der Waals surface area contributed by atoms with Crippen LogP contribution < -0.4 is 16.1 Å². The van der Waals surface area contributed by atoms with Crippen molar-refractivity contribution in [3.8, 4) is 0 Å². The quantitative estimate of drug-likeness (QED) is 0.695. The Morgan fingerprint density at radius 2 is 2.09 bits per heavy atom. The zero-order valence-electron chi connectivity index (χ0n) is 20.3. The van der Waals surface area contributed by atoms with Crippen molar-refractivity contribution in [1.29, 1.82) is 0 Å². The van der Waals surface area contributed by atoms with Crippen molar-refractivity contribution in [1.82, 2.24) is 25.0 Å². The molecule has 8 heteroatoms. The summed E-state index contributed by atoms with van der Waals surface area (Å²) in [4.78, 5) is 21.0. The van der Waals surface area contributed by atoms with Crippen LogP contribution >= 0.6 is 0 Å². The summed E-state index contributed by atoms with van der Waals surface area (Å²) in [6, 6.07) is 2.67. The minimum atomic E-state index is -0.0195. The smallest absolute Gasteiger partial charge is 0.157 e. The fourth-order valence-electron chi connectivity index (χ4n) is 6.19. The normalized spacial score (nSPS) is 31.0. The molecule has 3 N–H and O–H groups in total. The number of carbonyl (C=O) groups is 1. The lowest BCUT2D eigenvalue weighted by Gasteiger charge is -2.33. The van der Waals surface area contributed by atoms with Crippen LogP contribution in [0.3, 0.4) is 0 Å². The van der Waals surface area contributed by atoms with Crippen LogP contribution in [0.15, 0.2) is 12.3 Å². The van der Waals surface area contributed by atoms with E-state index in [1.165, 1.54) is 0 Å². The van der Waals surface area contributed by atoms with Crippen molar-refractivity contribution in [2.24, 2.45) is 11.7 Å². The molecule has 5 rings (SSSR count). The van der Waals surface area contributed by atoms with Gasteiger partial charge < -0.3 is 10.6 Å². The number of hydrogen-bond acceptors (Lipinski definition) is 7. The van der Waals surface area contributed by atoms with Gasteiger partial charge in [0.1, 0.15) is 5.82 Å².